The number of nitrogen functional groups attached to an aromatic ring is 1. The summed E-state index contributed by atoms with van der Waals surface area (Å²) < 4.78 is 3.97. The molecule has 0 aliphatic carbocycles. The van der Waals surface area contributed by atoms with Gasteiger partial charge in [-0.1, -0.05) is 16.9 Å². The molecule has 4 rings (SSSR count). The number of carboxylic acid groups (broad SMARTS) is 1. The minimum Gasteiger partial charge on any atom is -0.477 e. The summed E-state index contributed by atoms with van der Waals surface area (Å²) in [6, 6.07) is -0.973. The van der Waals surface area contributed by atoms with Gasteiger partial charge in [-0.3, -0.25) is 19.5 Å². The molecule has 0 saturated carbocycles. The number of hydrogen-bond donors (Lipinski definition) is 5. The third-order valence-corrected chi connectivity index (χ3v) is 8.33. The number of oxime groups is 1. The van der Waals surface area contributed by atoms with Crippen LogP contribution in [0, 0.1) is 0 Å². The highest BCUT2D eigenvalue weighted by Crippen LogP contribution is 2.41. The number of thioether (sulfide) groups is 2. The number of amidine groups is 1. The van der Waals surface area contributed by atoms with Crippen LogP contribution in [0.2, 0.25) is 0 Å². The fourth-order valence-corrected chi connectivity index (χ4v) is 6.43. The second-order valence-electron chi connectivity index (χ2n) is 7.91. The second kappa shape index (κ2) is 11.0. The minimum absolute atomic E-state index is 0.0379. The Morgan fingerprint density at radius 1 is 1.38 bits per heavy atom. The van der Waals surface area contributed by atoms with Crippen molar-refractivity contribution < 1.29 is 24.3 Å². The number of aromatic nitrogens is 2. The number of carboxylic acids is 1. The lowest BCUT2D eigenvalue weighted by atomic mass is 10.0. The highest BCUT2D eigenvalue weighted by Gasteiger charge is 2.54. The predicted octanol–water partition coefficient (Wildman–Crippen LogP) is -0.932. The SMILES string of the molecule is CCO/N=C(\C(=O)NC1C(=O)N2C(C(=O)O)=C(CSC3=NC(N)=C(C)CN3N)CS[C@@H]12)c1nsc(N)n1. The zero-order chi connectivity index (χ0) is 26.9. The van der Waals surface area contributed by atoms with Gasteiger partial charge in [-0.2, -0.15) is 9.36 Å². The minimum atomic E-state index is -1.25. The highest BCUT2D eigenvalue weighted by atomic mass is 32.2. The van der Waals surface area contributed by atoms with Crippen molar-refractivity contribution >= 4 is 68.9 Å². The van der Waals surface area contributed by atoms with E-state index in [1.165, 1.54) is 33.4 Å². The maximum atomic E-state index is 13.0. The van der Waals surface area contributed by atoms with E-state index >= 15 is 0 Å². The van der Waals surface area contributed by atoms with Crippen molar-refractivity contribution in [1.29, 1.82) is 0 Å². The summed E-state index contributed by atoms with van der Waals surface area (Å²) in [7, 11) is 0. The number of nitrogens with zero attached hydrogens (tertiary/aromatic N) is 6. The fraction of sp³-hybridized carbons (Fsp3) is 0.421. The third kappa shape index (κ3) is 5.36. The normalized spacial score (nSPS) is 22.0. The molecule has 2 amide bonds. The van der Waals surface area contributed by atoms with E-state index in [0.717, 1.165) is 17.1 Å². The molecule has 18 heteroatoms. The van der Waals surface area contributed by atoms with Gasteiger partial charge >= 0.3 is 5.97 Å². The Hall–Kier alpha value is -3.35. The number of hydrazine groups is 1. The number of anilines is 1. The van der Waals surface area contributed by atoms with Crippen LogP contribution in [0.25, 0.3) is 0 Å². The molecule has 37 heavy (non-hydrogen) atoms. The molecule has 8 N–H and O–H groups in total. The Bertz CT molecular complexity index is 1260. The molecule has 1 saturated heterocycles. The number of β-lactam (4-membered cyclic amide) rings is 1. The first-order valence-corrected chi connectivity index (χ1v) is 13.6. The van der Waals surface area contributed by atoms with Gasteiger partial charge in [-0.05, 0) is 25.0 Å². The van der Waals surface area contributed by atoms with E-state index in [4.69, 9.17) is 22.1 Å². The van der Waals surface area contributed by atoms with Crippen LogP contribution in [0.1, 0.15) is 19.7 Å². The number of nitrogens with two attached hydrogens (primary N) is 3. The van der Waals surface area contributed by atoms with Crippen molar-refractivity contribution in [1.82, 2.24) is 24.6 Å². The standard InChI is InChI=1S/C19H24N10O5S3/c1-3-34-26-9(13-25-18(21)37-27-13)14(30)23-10-15(31)29-11(17(32)33)8(5-35-16(10)29)6-36-19-24-12(20)7(2)4-28(19)22/h10,16H,3-6,20,22H2,1-2H3,(H,23,30)(H,32,33)(H2,21,25,27)/b26-9-/t10?,16-/m0/s1. The predicted molar refractivity (Wildman–Crippen MR) is 140 cm³/mol. The Labute approximate surface area is 223 Å². The van der Waals surface area contributed by atoms with Crippen molar-refractivity contribution in [3.05, 3.63) is 28.5 Å². The monoisotopic (exact) mass is 568 g/mol. The largest absolute Gasteiger partial charge is 0.477 e. The molecule has 198 valence electrons. The number of rotatable bonds is 8. The maximum Gasteiger partial charge on any atom is 0.352 e. The fourth-order valence-electron chi connectivity index (χ4n) is 3.58. The first-order chi connectivity index (χ1) is 17.6. The molecule has 0 spiro atoms. The molecule has 1 fully saturated rings. The van der Waals surface area contributed by atoms with Gasteiger partial charge in [0, 0.05) is 23.0 Å². The van der Waals surface area contributed by atoms with E-state index in [0.29, 0.717) is 28.9 Å². The molecular weight excluding hydrogens is 544 g/mol. The molecule has 1 aromatic heterocycles. The van der Waals surface area contributed by atoms with Crippen LogP contribution in [0.15, 0.2) is 32.8 Å². The third-order valence-electron chi connectivity index (χ3n) is 5.37. The quantitative estimate of drug-likeness (QED) is 0.111. The van der Waals surface area contributed by atoms with Crippen LogP contribution in [0.5, 0.6) is 0 Å². The Kier molecular flexibility index (Phi) is 7.90. The van der Waals surface area contributed by atoms with Crippen molar-refractivity contribution in [3.8, 4) is 0 Å². The molecule has 15 nitrogen and oxygen atoms in total. The summed E-state index contributed by atoms with van der Waals surface area (Å²) in [4.78, 5) is 52.5. The summed E-state index contributed by atoms with van der Waals surface area (Å²) in [5.74, 6) is 4.34. The summed E-state index contributed by atoms with van der Waals surface area (Å²) in [5, 5.41) is 17.7. The van der Waals surface area contributed by atoms with E-state index in [1.807, 2.05) is 6.92 Å². The number of hydrogen-bond acceptors (Lipinski definition) is 15. The molecule has 3 aliphatic heterocycles. The topological polar surface area (TPSA) is 228 Å². The Morgan fingerprint density at radius 2 is 2.14 bits per heavy atom. The van der Waals surface area contributed by atoms with Gasteiger partial charge in [0.25, 0.3) is 11.8 Å². The van der Waals surface area contributed by atoms with Crippen molar-refractivity contribution in [2.24, 2.45) is 21.7 Å². The van der Waals surface area contributed by atoms with E-state index in [-0.39, 0.29) is 34.7 Å². The first-order valence-electron chi connectivity index (χ1n) is 10.8. The average Bonchev–Trinajstić information content (AvgIpc) is 3.29. The molecule has 4 heterocycles. The van der Waals surface area contributed by atoms with Crippen molar-refractivity contribution in [2.75, 3.05) is 30.4 Å². The number of aliphatic imine (C=N–C) groups is 1. The molecule has 1 aromatic rings. The van der Waals surface area contributed by atoms with Gasteiger partial charge in [0.05, 0.1) is 6.54 Å². The summed E-state index contributed by atoms with van der Waals surface area (Å²) >= 11 is 3.44. The molecule has 0 radical (unpaired) electrons. The molecule has 1 unspecified atom stereocenters. The molecule has 3 aliphatic rings. The summed E-state index contributed by atoms with van der Waals surface area (Å²) in [6.45, 7) is 4.10. The highest BCUT2D eigenvalue weighted by molar-refractivity contribution is 8.14. The number of nitrogens with one attached hydrogen (secondary N) is 1. The zero-order valence-electron chi connectivity index (χ0n) is 19.7. The lowest BCUT2D eigenvalue weighted by molar-refractivity contribution is -0.150. The van der Waals surface area contributed by atoms with Gasteiger partial charge in [0.15, 0.2) is 10.3 Å². The van der Waals surface area contributed by atoms with Crippen LogP contribution in [0.4, 0.5) is 5.13 Å². The van der Waals surface area contributed by atoms with E-state index in [9.17, 15) is 19.5 Å². The van der Waals surface area contributed by atoms with Gasteiger partial charge < -0.3 is 26.7 Å². The van der Waals surface area contributed by atoms with Crippen LogP contribution in [0.3, 0.4) is 0 Å². The lowest BCUT2D eigenvalue weighted by Crippen LogP contribution is -2.71. The van der Waals surface area contributed by atoms with Gasteiger partial charge in [0.1, 0.15) is 29.5 Å². The van der Waals surface area contributed by atoms with Gasteiger partial charge in [0.2, 0.25) is 11.5 Å². The Balaban J connectivity index is 1.49. The smallest absolute Gasteiger partial charge is 0.352 e. The first kappa shape index (κ1) is 26.7. The van der Waals surface area contributed by atoms with E-state index in [1.54, 1.807) is 6.92 Å². The van der Waals surface area contributed by atoms with Crippen LogP contribution < -0.4 is 22.6 Å². The molecule has 0 bridgehead atoms. The van der Waals surface area contributed by atoms with E-state index in [2.05, 4.69) is 24.8 Å². The molecule has 0 aromatic carbocycles. The van der Waals surface area contributed by atoms with Crippen molar-refractivity contribution in [3.63, 3.8) is 0 Å². The second-order valence-corrected chi connectivity index (χ2v) is 10.7. The van der Waals surface area contributed by atoms with Gasteiger partial charge in [-0.15, -0.1) is 11.8 Å². The molecular formula is C19H24N10O5S3. The summed E-state index contributed by atoms with van der Waals surface area (Å²) in [5.41, 5.74) is 12.5. The number of fused-ring (bicyclic) bond motifs is 1. The van der Waals surface area contributed by atoms with Crippen molar-refractivity contribution in [2.45, 2.75) is 25.3 Å². The Morgan fingerprint density at radius 3 is 2.78 bits per heavy atom. The molecule has 2 atom stereocenters. The number of amides is 2. The van der Waals surface area contributed by atoms with Crippen LogP contribution in [-0.2, 0) is 19.2 Å². The average molecular weight is 569 g/mol. The number of carbonyl (C=O) groups excluding carboxylic acids is 2. The van der Waals surface area contributed by atoms with Crippen LogP contribution in [-0.4, -0.2) is 89.1 Å². The van der Waals surface area contributed by atoms with Gasteiger partial charge in [-0.25, -0.2) is 15.6 Å². The maximum absolute atomic E-state index is 13.0. The van der Waals surface area contributed by atoms with E-state index < -0.39 is 29.2 Å². The van der Waals surface area contributed by atoms with Crippen LogP contribution >= 0.6 is 35.1 Å². The number of aliphatic carboxylic acids is 1. The zero-order valence-corrected chi connectivity index (χ0v) is 22.2. The number of carbonyl (C=O) groups is 3. The summed E-state index contributed by atoms with van der Waals surface area (Å²) in [6.07, 6.45) is 0. The lowest BCUT2D eigenvalue weighted by Gasteiger charge is -2.49.